The predicted molar refractivity (Wildman–Crippen MR) is 188 cm³/mol. The number of nitrogens with zero attached hydrogens (tertiary/aromatic N) is 3. The van der Waals surface area contributed by atoms with Gasteiger partial charge in [-0.3, -0.25) is 9.59 Å². The number of hydrogen-bond donors (Lipinski definition) is 5. The van der Waals surface area contributed by atoms with Crippen molar-refractivity contribution in [2.24, 2.45) is 11.7 Å². The molecule has 0 aliphatic carbocycles. The van der Waals surface area contributed by atoms with E-state index in [1.54, 1.807) is 41.4 Å². The van der Waals surface area contributed by atoms with Crippen LogP contribution in [0.5, 0.6) is 5.75 Å². The molecule has 13 nitrogen and oxygen atoms in total. The summed E-state index contributed by atoms with van der Waals surface area (Å²) in [6, 6.07) is 12.7. The zero-order chi connectivity index (χ0) is 37.6. The Bertz CT molecular complexity index is 1860. The maximum Gasteiger partial charge on any atom is 0.573 e. The third-order valence-electron chi connectivity index (χ3n) is 8.44. The Hall–Kier alpha value is -5.64. The highest BCUT2D eigenvalue weighted by Gasteiger charge is 2.37. The summed E-state index contributed by atoms with van der Waals surface area (Å²) in [7, 11) is 1.24. The van der Waals surface area contributed by atoms with Crippen LogP contribution in [0.25, 0.3) is 22.4 Å². The summed E-state index contributed by atoms with van der Waals surface area (Å²) >= 11 is 0. The van der Waals surface area contributed by atoms with Gasteiger partial charge < -0.3 is 41.0 Å². The number of anilines is 2. The summed E-state index contributed by atoms with van der Waals surface area (Å²) in [4.78, 5) is 51.9. The predicted octanol–water partition coefficient (Wildman–Crippen LogP) is 6.09. The van der Waals surface area contributed by atoms with E-state index < -0.39 is 30.2 Å². The molecule has 2 aromatic carbocycles. The number of alkyl carbamates (subject to hydrolysis) is 1. The monoisotopic (exact) mass is 722 g/mol. The molecule has 6 N–H and O–H groups in total. The average Bonchev–Trinajstić information content (AvgIpc) is 3.80. The summed E-state index contributed by atoms with van der Waals surface area (Å²) < 4.78 is 49.6. The Labute approximate surface area is 298 Å². The smallest absolute Gasteiger partial charge is 0.453 e. The van der Waals surface area contributed by atoms with E-state index in [0.717, 1.165) is 12.5 Å². The Balaban J connectivity index is 1.31. The van der Waals surface area contributed by atoms with Crippen LogP contribution in [0.3, 0.4) is 0 Å². The summed E-state index contributed by atoms with van der Waals surface area (Å²) in [5.74, 6) is -0.370. The number of aromatic nitrogens is 3. The second-order valence-electron chi connectivity index (χ2n) is 12.8. The van der Waals surface area contributed by atoms with Crippen molar-refractivity contribution in [3.8, 4) is 28.1 Å². The van der Waals surface area contributed by atoms with E-state index in [0.29, 0.717) is 48.0 Å². The summed E-state index contributed by atoms with van der Waals surface area (Å²) in [5, 5.41) is 8.25. The second kappa shape index (κ2) is 16.1. The molecule has 52 heavy (non-hydrogen) atoms. The Kier molecular flexibility index (Phi) is 11.7. The van der Waals surface area contributed by atoms with Gasteiger partial charge in [-0.05, 0) is 61.1 Å². The Morgan fingerprint density at radius 1 is 1.02 bits per heavy atom. The third kappa shape index (κ3) is 9.37. The Morgan fingerprint density at radius 2 is 1.75 bits per heavy atom. The molecule has 3 amide bonds. The fourth-order valence-electron chi connectivity index (χ4n) is 5.82. The highest BCUT2D eigenvalue weighted by Crippen LogP contribution is 2.38. The number of imidazole rings is 1. The average molecular weight is 723 g/mol. The molecule has 1 saturated heterocycles. The number of amides is 3. The number of hydrogen-bond acceptors (Lipinski definition) is 9. The third-order valence-corrected chi connectivity index (χ3v) is 8.44. The van der Waals surface area contributed by atoms with Gasteiger partial charge in [0, 0.05) is 42.6 Å². The number of rotatable bonds is 12. The van der Waals surface area contributed by atoms with Gasteiger partial charge >= 0.3 is 12.5 Å². The minimum absolute atomic E-state index is 0.0917. The molecule has 16 heteroatoms. The number of methoxy groups -OCH3 is 1. The Morgan fingerprint density at radius 3 is 2.38 bits per heavy atom. The number of alkyl halides is 3. The zero-order valence-electron chi connectivity index (χ0n) is 29.1. The molecular weight excluding hydrogens is 681 g/mol. The fourth-order valence-corrected chi connectivity index (χ4v) is 5.82. The van der Waals surface area contributed by atoms with Gasteiger partial charge in [0.15, 0.2) is 0 Å². The van der Waals surface area contributed by atoms with Crippen LogP contribution in [-0.4, -0.2) is 76.4 Å². The van der Waals surface area contributed by atoms with Crippen LogP contribution in [0.15, 0.2) is 67.0 Å². The van der Waals surface area contributed by atoms with Crippen molar-refractivity contribution in [2.45, 2.75) is 58.1 Å². The van der Waals surface area contributed by atoms with Crippen LogP contribution in [0.4, 0.5) is 29.5 Å². The minimum atomic E-state index is -4.99. The summed E-state index contributed by atoms with van der Waals surface area (Å²) in [6.07, 6.45) is -1.26. The van der Waals surface area contributed by atoms with Gasteiger partial charge in [0.1, 0.15) is 23.4 Å². The number of likely N-dealkylation sites (tertiary alicyclic amines) is 1. The number of halogens is 3. The topological polar surface area (TPSA) is 177 Å². The number of nitrogens with two attached hydrogens (primary N) is 1. The molecule has 0 bridgehead atoms. The molecule has 1 fully saturated rings. The van der Waals surface area contributed by atoms with Crippen LogP contribution in [0.1, 0.15) is 55.8 Å². The highest BCUT2D eigenvalue weighted by molar-refractivity contribution is 6.04. The van der Waals surface area contributed by atoms with Gasteiger partial charge in [-0.1, -0.05) is 38.1 Å². The van der Waals surface area contributed by atoms with Crippen molar-refractivity contribution in [3.63, 3.8) is 0 Å². The van der Waals surface area contributed by atoms with E-state index in [-0.39, 0.29) is 40.7 Å². The maximum absolute atomic E-state index is 13.5. The van der Waals surface area contributed by atoms with E-state index in [9.17, 15) is 27.6 Å². The van der Waals surface area contributed by atoms with Crippen LogP contribution in [0, 0.1) is 5.92 Å². The maximum atomic E-state index is 13.5. The van der Waals surface area contributed by atoms with Gasteiger partial charge in [0.25, 0.3) is 5.91 Å². The number of carbonyl (C=O) groups is 3. The van der Waals surface area contributed by atoms with E-state index in [4.69, 9.17) is 10.5 Å². The van der Waals surface area contributed by atoms with Crippen molar-refractivity contribution < 1.29 is 37.0 Å². The lowest BCUT2D eigenvalue weighted by Crippen LogP contribution is -2.51. The zero-order valence-corrected chi connectivity index (χ0v) is 29.1. The lowest BCUT2D eigenvalue weighted by Gasteiger charge is -2.30. The van der Waals surface area contributed by atoms with E-state index in [1.807, 2.05) is 20.8 Å². The molecule has 0 spiro atoms. The van der Waals surface area contributed by atoms with Crippen molar-refractivity contribution >= 4 is 29.4 Å². The highest BCUT2D eigenvalue weighted by atomic mass is 19.4. The molecule has 5 rings (SSSR count). The largest absolute Gasteiger partial charge is 0.573 e. The van der Waals surface area contributed by atoms with Crippen LogP contribution in [-0.2, 0) is 9.53 Å². The van der Waals surface area contributed by atoms with E-state index >= 15 is 0 Å². The number of ether oxygens (including phenoxy) is 2. The van der Waals surface area contributed by atoms with Gasteiger partial charge in [-0.15, -0.1) is 13.2 Å². The van der Waals surface area contributed by atoms with Gasteiger partial charge in [0.2, 0.25) is 5.91 Å². The summed E-state index contributed by atoms with van der Waals surface area (Å²) in [5.41, 5.74) is 7.97. The van der Waals surface area contributed by atoms with Crippen LogP contribution < -0.4 is 26.4 Å². The standard InChI is InChI=1S/C36H41F3N8O5/c1-20(2)31(46-35(50)51-4)34(49)47-15-5-6-28(47)32-43-19-27(45-32)23-9-7-22(8-10-23)26-13-12-25(16-29(26)52-36(37,38)39)44-33(48)24-11-14-30(42-18-24)41-17-21(3)40/h7-14,16,18-21,28,31H,5-6,15,17,40H2,1-4H3,(H,41,42)(H,43,45)(H,44,48)(H,46,50)/t21-,28-,31-/m0/s1. The molecule has 2 aromatic heterocycles. The molecule has 4 aromatic rings. The van der Waals surface area contributed by atoms with Gasteiger partial charge in [0.05, 0.1) is 30.6 Å². The number of aromatic amines is 1. The molecule has 1 aliphatic rings. The minimum Gasteiger partial charge on any atom is -0.453 e. The molecule has 1 aliphatic heterocycles. The first-order valence-corrected chi connectivity index (χ1v) is 16.7. The normalized spacial score (nSPS) is 15.6. The quantitative estimate of drug-likeness (QED) is 0.116. The SMILES string of the molecule is COC(=O)N[C@H](C(=O)N1CCC[C@H]1c1ncc(-c2ccc(-c3ccc(NC(=O)c4ccc(NC[C@H](C)N)nc4)cc3OC(F)(F)F)cc2)[nH]1)C(C)C. The van der Waals surface area contributed by atoms with Crippen molar-refractivity contribution in [2.75, 3.05) is 30.8 Å². The van der Waals surface area contributed by atoms with Crippen molar-refractivity contribution in [1.29, 1.82) is 0 Å². The molecule has 3 heterocycles. The lowest BCUT2D eigenvalue weighted by molar-refractivity contribution is -0.274. The fraction of sp³-hybridized carbons (Fsp3) is 0.361. The van der Waals surface area contributed by atoms with Gasteiger partial charge in [-0.2, -0.15) is 0 Å². The number of carbonyl (C=O) groups excluding carboxylic acids is 3. The van der Waals surface area contributed by atoms with Crippen molar-refractivity contribution in [3.05, 3.63) is 78.4 Å². The first-order chi connectivity index (χ1) is 24.7. The molecule has 3 atom stereocenters. The molecule has 0 saturated carbocycles. The van der Waals surface area contributed by atoms with Crippen LogP contribution >= 0.6 is 0 Å². The first-order valence-electron chi connectivity index (χ1n) is 16.7. The first kappa shape index (κ1) is 37.6. The van der Waals surface area contributed by atoms with Crippen molar-refractivity contribution in [1.82, 2.24) is 25.2 Å². The van der Waals surface area contributed by atoms with E-state index in [2.05, 4.69) is 35.6 Å². The molecule has 276 valence electrons. The number of benzene rings is 2. The van der Waals surface area contributed by atoms with Crippen LogP contribution in [0.2, 0.25) is 0 Å². The second-order valence-corrected chi connectivity index (χ2v) is 12.8. The number of nitrogens with one attached hydrogen (secondary N) is 4. The number of pyridine rings is 1. The van der Waals surface area contributed by atoms with E-state index in [1.165, 1.54) is 31.5 Å². The van der Waals surface area contributed by atoms with Gasteiger partial charge in [-0.25, -0.2) is 14.8 Å². The molecule has 0 radical (unpaired) electrons. The lowest BCUT2D eigenvalue weighted by atomic mass is 10.0. The molecular formula is C36H41F3N8O5. The number of H-pyrrole nitrogens is 1. The summed E-state index contributed by atoms with van der Waals surface area (Å²) in [6.45, 7) is 6.50. The molecule has 0 unspecified atom stereocenters.